The quantitative estimate of drug-likeness (QED) is 0.565. The van der Waals surface area contributed by atoms with Gasteiger partial charge in [-0.2, -0.15) is 0 Å². The molecule has 0 bridgehead atoms. The van der Waals surface area contributed by atoms with Crippen LogP contribution in [0.3, 0.4) is 0 Å². The first-order chi connectivity index (χ1) is 7.38. The molecule has 1 N–H and O–H groups in total. The average Bonchev–Trinajstić information content (AvgIpc) is 2.16. The van der Waals surface area contributed by atoms with E-state index >= 15 is 0 Å². The molecule has 0 saturated carbocycles. The third-order valence-corrected chi connectivity index (χ3v) is 4.06. The highest BCUT2D eigenvalue weighted by molar-refractivity contribution is 7.91. The van der Waals surface area contributed by atoms with E-state index < -0.39 is 9.84 Å². The molecule has 0 aliphatic rings. The van der Waals surface area contributed by atoms with Crippen molar-refractivity contribution < 1.29 is 13.2 Å². The first kappa shape index (κ1) is 15.8. The van der Waals surface area contributed by atoms with Gasteiger partial charge in [-0.15, -0.1) is 0 Å². The van der Waals surface area contributed by atoms with Gasteiger partial charge in [0.25, 0.3) is 0 Å². The molecule has 1 atom stereocenters. The molecule has 0 aromatic rings. The number of nitrogens with zero attached hydrogens (tertiary/aromatic N) is 1. The van der Waals surface area contributed by atoms with Gasteiger partial charge in [0.05, 0.1) is 11.9 Å². The molecule has 0 saturated heterocycles. The monoisotopic (exact) mass is 252 g/mol. The molecule has 0 aromatic heterocycles. The normalized spacial score (nSPS) is 14.3. The summed E-state index contributed by atoms with van der Waals surface area (Å²) in [5.74, 6) is 0. The van der Waals surface area contributed by atoms with E-state index in [1.807, 2.05) is 11.9 Å². The Hall–Kier alpha value is -0.170. The van der Waals surface area contributed by atoms with Gasteiger partial charge in [-0.1, -0.05) is 0 Å². The van der Waals surface area contributed by atoms with Gasteiger partial charge in [-0.3, -0.25) is 0 Å². The lowest BCUT2D eigenvalue weighted by Crippen LogP contribution is -2.37. The Bertz CT molecular complexity index is 267. The lowest BCUT2D eigenvalue weighted by atomic mass is 10.4. The molecule has 0 aliphatic heterocycles. The van der Waals surface area contributed by atoms with Crippen LogP contribution >= 0.6 is 0 Å². The topological polar surface area (TPSA) is 58.6 Å². The molecule has 1 unspecified atom stereocenters. The number of hydrogen-bond acceptors (Lipinski definition) is 5. The third kappa shape index (κ3) is 8.04. The van der Waals surface area contributed by atoms with Crippen molar-refractivity contribution in [1.29, 1.82) is 0 Å². The van der Waals surface area contributed by atoms with Crippen LogP contribution in [-0.2, 0) is 14.6 Å². The van der Waals surface area contributed by atoms with Crippen molar-refractivity contribution in [1.82, 2.24) is 10.2 Å². The van der Waals surface area contributed by atoms with Crippen molar-refractivity contribution >= 4 is 9.84 Å². The molecular formula is C10H24N2O3S. The maximum Gasteiger partial charge on any atom is 0.151 e. The van der Waals surface area contributed by atoms with Gasteiger partial charge in [0.1, 0.15) is 0 Å². The van der Waals surface area contributed by atoms with Gasteiger partial charge in [0.15, 0.2) is 9.84 Å². The number of rotatable bonds is 9. The predicted molar refractivity (Wildman–Crippen MR) is 66.5 cm³/mol. The fourth-order valence-corrected chi connectivity index (χ4v) is 1.76. The minimum absolute atomic E-state index is 0.309. The van der Waals surface area contributed by atoms with Crippen LogP contribution in [0.2, 0.25) is 0 Å². The summed E-state index contributed by atoms with van der Waals surface area (Å²) in [6, 6.07) is 0. The number of likely N-dealkylation sites (N-methyl/N-ethyl adjacent to an activating group) is 1. The highest BCUT2D eigenvalue weighted by Gasteiger charge is 2.16. The van der Waals surface area contributed by atoms with Crippen molar-refractivity contribution in [2.24, 2.45) is 0 Å². The largest absolute Gasteiger partial charge is 0.383 e. The maximum atomic E-state index is 11.2. The van der Waals surface area contributed by atoms with Crippen LogP contribution in [0.1, 0.15) is 6.92 Å². The zero-order valence-corrected chi connectivity index (χ0v) is 11.5. The van der Waals surface area contributed by atoms with Crippen LogP contribution in [0.15, 0.2) is 0 Å². The van der Waals surface area contributed by atoms with E-state index in [1.54, 1.807) is 14.0 Å². The van der Waals surface area contributed by atoms with Gasteiger partial charge in [0, 0.05) is 39.5 Å². The lowest BCUT2D eigenvalue weighted by Gasteiger charge is -2.20. The summed E-state index contributed by atoms with van der Waals surface area (Å²) in [6.45, 7) is 5.52. The van der Waals surface area contributed by atoms with Gasteiger partial charge in [-0.05, 0) is 14.0 Å². The first-order valence-corrected chi connectivity index (χ1v) is 7.40. The van der Waals surface area contributed by atoms with E-state index in [2.05, 4.69) is 5.32 Å². The van der Waals surface area contributed by atoms with Gasteiger partial charge < -0.3 is 15.0 Å². The SMILES string of the molecule is COCCNCCN(C)CC(C)S(C)(=O)=O. The van der Waals surface area contributed by atoms with Crippen molar-refractivity contribution in [3.05, 3.63) is 0 Å². The van der Waals surface area contributed by atoms with Crippen molar-refractivity contribution in [3.8, 4) is 0 Å². The van der Waals surface area contributed by atoms with Gasteiger partial charge in [0.2, 0.25) is 0 Å². The first-order valence-electron chi connectivity index (χ1n) is 5.45. The predicted octanol–water partition coefficient (Wildman–Crippen LogP) is -0.413. The molecule has 0 rings (SSSR count). The summed E-state index contributed by atoms with van der Waals surface area (Å²) in [7, 11) is 0.679. The fraction of sp³-hybridized carbons (Fsp3) is 1.00. The van der Waals surface area contributed by atoms with Crippen molar-refractivity contribution in [2.75, 3.05) is 53.2 Å². The summed E-state index contributed by atoms with van der Waals surface area (Å²) in [6.07, 6.45) is 1.28. The van der Waals surface area contributed by atoms with E-state index in [0.29, 0.717) is 13.2 Å². The fourth-order valence-electron chi connectivity index (χ4n) is 1.23. The number of nitrogens with one attached hydrogen (secondary N) is 1. The zero-order chi connectivity index (χ0) is 12.6. The second kappa shape index (κ2) is 8.00. The highest BCUT2D eigenvalue weighted by atomic mass is 32.2. The maximum absolute atomic E-state index is 11.2. The second-order valence-electron chi connectivity index (χ2n) is 4.15. The standard InChI is InChI=1S/C10H24N2O3S/c1-10(16(4,13)14)9-12(2)7-5-11-6-8-15-3/h10-11H,5-9H2,1-4H3. The Morgan fingerprint density at radius 2 is 2.00 bits per heavy atom. The van der Waals surface area contributed by atoms with E-state index in [9.17, 15) is 8.42 Å². The van der Waals surface area contributed by atoms with Crippen molar-refractivity contribution in [2.45, 2.75) is 12.2 Å². The molecule has 5 nitrogen and oxygen atoms in total. The van der Waals surface area contributed by atoms with Crippen LogP contribution in [0.4, 0.5) is 0 Å². The van der Waals surface area contributed by atoms with Crippen LogP contribution in [0.25, 0.3) is 0 Å². The molecule has 0 fully saturated rings. The molecule has 6 heteroatoms. The Labute approximate surface area is 99.1 Å². The minimum Gasteiger partial charge on any atom is -0.383 e. The Balaban J connectivity index is 3.63. The summed E-state index contributed by atoms with van der Waals surface area (Å²) < 4.78 is 27.3. The molecule has 0 spiro atoms. The molecule has 0 radical (unpaired) electrons. The summed E-state index contributed by atoms with van der Waals surface area (Å²) in [5.41, 5.74) is 0. The number of ether oxygens (including phenoxy) is 1. The van der Waals surface area contributed by atoms with Crippen molar-refractivity contribution in [3.63, 3.8) is 0 Å². The van der Waals surface area contributed by atoms with E-state index in [1.165, 1.54) is 6.26 Å². The molecule has 0 aliphatic carbocycles. The Morgan fingerprint density at radius 1 is 1.38 bits per heavy atom. The average molecular weight is 252 g/mol. The molecule has 0 amide bonds. The van der Waals surface area contributed by atoms with Gasteiger partial charge >= 0.3 is 0 Å². The number of sulfone groups is 1. The molecular weight excluding hydrogens is 228 g/mol. The number of hydrogen-bond donors (Lipinski definition) is 1. The lowest BCUT2D eigenvalue weighted by molar-refractivity contribution is 0.198. The Morgan fingerprint density at radius 3 is 2.50 bits per heavy atom. The Kier molecular flexibility index (Phi) is 7.91. The van der Waals surface area contributed by atoms with E-state index in [4.69, 9.17) is 4.74 Å². The molecule has 98 valence electrons. The van der Waals surface area contributed by atoms with Gasteiger partial charge in [-0.25, -0.2) is 8.42 Å². The molecule has 16 heavy (non-hydrogen) atoms. The van der Waals surface area contributed by atoms with Crippen LogP contribution < -0.4 is 5.32 Å². The van der Waals surface area contributed by atoms with E-state index in [-0.39, 0.29) is 5.25 Å². The summed E-state index contributed by atoms with van der Waals surface area (Å²) >= 11 is 0. The third-order valence-electron chi connectivity index (χ3n) is 2.45. The smallest absolute Gasteiger partial charge is 0.151 e. The van der Waals surface area contributed by atoms with E-state index in [0.717, 1.165) is 19.6 Å². The number of methoxy groups -OCH3 is 1. The van der Waals surface area contributed by atoms with Crippen LogP contribution in [0.5, 0.6) is 0 Å². The highest BCUT2D eigenvalue weighted by Crippen LogP contribution is 1.99. The summed E-state index contributed by atoms with van der Waals surface area (Å²) in [4.78, 5) is 2.02. The minimum atomic E-state index is -2.92. The second-order valence-corrected chi connectivity index (χ2v) is 6.61. The zero-order valence-electron chi connectivity index (χ0n) is 10.7. The van der Waals surface area contributed by atoms with Crippen LogP contribution in [-0.4, -0.2) is 71.8 Å². The van der Waals surface area contributed by atoms with Crippen LogP contribution in [0, 0.1) is 0 Å². The summed E-state index contributed by atoms with van der Waals surface area (Å²) in [5, 5.41) is 2.90. The molecule has 0 heterocycles. The molecule has 0 aromatic carbocycles.